The fraction of sp³-hybridized carbons (Fsp3) is 0.462. The fourth-order valence-corrected chi connectivity index (χ4v) is 2.56. The van der Waals surface area contributed by atoms with Crippen LogP contribution in [-0.4, -0.2) is 46.4 Å². The lowest BCUT2D eigenvalue weighted by Crippen LogP contribution is -2.25. The van der Waals surface area contributed by atoms with Gasteiger partial charge >= 0.3 is 5.97 Å². The lowest BCUT2D eigenvalue weighted by atomic mass is 10.3. The van der Waals surface area contributed by atoms with Crippen LogP contribution >= 0.6 is 0 Å². The molecule has 8 heteroatoms. The molecular formula is C13H19NO6S. The van der Waals surface area contributed by atoms with Gasteiger partial charge < -0.3 is 14.6 Å². The first kappa shape index (κ1) is 17.4. The van der Waals surface area contributed by atoms with Crippen molar-refractivity contribution >= 4 is 16.0 Å². The van der Waals surface area contributed by atoms with E-state index in [0.29, 0.717) is 19.0 Å². The first-order chi connectivity index (χ1) is 9.95. The maximum atomic E-state index is 11.9. The van der Waals surface area contributed by atoms with E-state index in [0.717, 1.165) is 0 Å². The molecule has 0 saturated carbocycles. The maximum Gasteiger partial charge on any atom is 0.303 e. The zero-order chi connectivity index (χ0) is 15.7. The van der Waals surface area contributed by atoms with Crippen molar-refractivity contribution in [2.45, 2.75) is 17.7 Å². The Morgan fingerprint density at radius 3 is 2.48 bits per heavy atom. The SMILES string of the molecule is COCCOc1ccc(S(=O)(=O)NCCCC(=O)O)cc1. The molecule has 0 aromatic heterocycles. The number of aliphatic carboxylic acids is 1. The van der Waals surface area contributed by atoms with Crippen molar-refractivity contribution in [1.82, 2.24) is 4.72 Å². The summed E-state index contributed by atoms with van der Waals surface area (Å²) in [5.74, 6) is -0.399. The third kappa shape index (κ3) is 6.56. The van der Waals surface area contributed by atoms with Crippen molar-refractivity contribution < 1.29 is 27.8 Å². The van der Waals surface area contributed by atoms with Crippen molar-refractivity contribution in [1.29, 1.82) is 0 Å². The number of carboxylic acids is 1. The molecule has 1 rings (SSSR count). The van der Waals surface area contributed by atoms with E-state index in [-0.39, 0.29) is 24.3 Å². The Bertz CT molecular complexity index is 540. The summed E-state index contributed by atoms with van der Waals surface area (Å²) in [6.45, 7) is 0.919. The van der Waals surface area contributed by atoms with E-state index >= 15 is 0 Å². The van der Waals surface area contributed by atoms with Crippen molar-refractivity contribution in [3.05, 3.63) is 24.3 Å². The van der Waals surface area contributed by atoms with Gasteiger partial charge in [0.25, 0.3) is 0 Å². The number of hydrogen-bond donors (Lipinski definition) is 2. The minimum absolute atomic E-state index is 0.0746. The highest BCUT2D eigenvalue weighted by Crippen LogP contribution is 2.15. The molecule has 0 unspecified atom stereocenters. The number of hydrogen-bond acceptors (Lipinski definition) is 5. The van der Waals surface area contributed by atoms with Gasteiger partial charge in [-0.05, 0) is 30.7 Å². The number of ether oxygens (including phenoxy) is 2. The molecule has 0 aliphatic carbocycles. The molecule has 0 fully saturated rings. The highest BCUT2D eigenvalue weighted by molar-refractivity contribution is 7.89. The molecule has 1 aromatic rings. The number of carbonyl (C=O) groups is 1. The Morgan fingerprint density at radius 2 is 1.90 bits per heavy atom. The fourth-order valence-electron chi connectivity index (χ4n) is 1.49. The number of sulfonamides is 1. The van der Waals surface area contributed by atoms with Gasteiger partial charge in [0.15, 0.2) is 0 Å². The van der Waals surface area contributed by atoms with Crippen molar-refractivity contribution in [2.24, 2.45) is 0 Å². The van der Waals surface area contributed by atoms with E-state index in [9.17, 15) is 13.2 Å². The monoisotopic (exact) mass is 317 g/mol. The lowest BCUT2D eigenvalue weighted by molar-refractivity contribution is -0.137. The second kappa shape index (κ2) is 8.60. The smallest absolute Gasteiger partial charge is 0.303 e. The van der Waals surface area contributed by atoms with Crippen molar-refractivity contribution in [2.75, 3.05) is 26.9 Å². The molecule has 0 saturated heterocycles. The van der Waals surface area contributed by atoms with Gasteiger partial charge in [0.2, 0.25) is 10.0 Å². The van der Waals surface area contributed by atoms with Gasteiger partial charge in [0, 0.05) is 20.1 Å². The zero-order valence-corrected chi connectivity index (χ0v) is 12.6. The van der Waals surface area contributed by atoms with Gasteiger partial charge in [-0.15, -0.1) is 0 Å². The van der Waals surface area contributed by atoms with E-state index in [1.165, 1.54) is 12.1 Å². The van der Waals surface area contributed by atoms with E-state index in [2.05, 4.69) is 4.72 Å². The van der Waals surface area contributed by atoms with Crippen LogP contribution in [0.1, 0.15) is 12.8 Å². The standard InChI is InChI=1S/C13H19NO6S/c1-19-9-10-20-11-4-6-12(7-5-11)21(17,18)14-8-2-3-13(15)16/h4-7,14H,2-3,8-10H2,1H3,(H,15,16). The summed E-state index contributed by atoms with van der Waals surface area (Å²) in [5, 5.41) is 8.48. The van der Waals surface area contributed by atoms with Crippen LogP contribution in [0.5, 0.6) is 5.75 Å². The molecule has 0 bridgehead atoms. The predicted molar refractivity (Wildman–Crippen MR) is 75.9 cm³/mol. The molecule has 7 nitrogen and oxygen atoms in total. The van der Waals surface area contributed by atoms with Crippen LogP contribution in [0.4, 0.5) is 0 Å². The summed E-state index contributed by atoms with van der Waals surface area (Å²) in [6, 6.07) is 5.98. The van der Waals surface area contributed by atoms with E-state index in [1.54, 1.807) is 19.2 Å². The highest BCUT2D eigenvalue weighted by atomic mass is 32.2. The van der Waals surface area contributed by atoms with Crippen molar-refractivity contribution in [3.8, 4) is 5.75 Å². The molecule has 118 valence electrons. The number of benzene rings is 1. The molecule has 21 heavy (non-hydrogen) atoms. The normalized spacial score (nSPS) is 11.3. The molecule has 2 N–H and O–H groups in total. The van der Waals surface area contributed by atoms with E-state index < -0.39 is 16.0 Å². The average Bonchev–Trinajstić information content (AvgIpc) is 2.44. The van der Waals surface area contributed by atoms with Gasteiger partial charge in [-0.3, -0.25) is 4.79 Å². The summed E-state index contributed by atoms with van der Waals surface area (Å²) in [4.78, 5) is 10.4. The summed E-state index contributed by atoms with van der Waals surface area (Å²) in [7, 11) is -2.06. The Kier molecular flexibility index (Phi) is 7.13. The first-order valence-corrected chi connectivity index (χ1v) is 7.87. The predicted octanol–water partition coefficient (Wildman–Crippen LogP) is 0.855. The Balaban J connectivity index is 2.52. The van der Waals surface area contributed by atoms with Gasteiger partial charge in [0.1, 0.15) is 12.4 Å². The van der Waals surface area contributed by atoms with Crippen LogP contribution in [0, 0.1) is 0 Å². The third-order valence-electron chi connectivity index (χ3n) is 2.55. The number of carboxylic acid groups (broad SMARTS) is 1. The minimum Gasteiger partial charge on any atom is -0.491 e. The maximum absolute atomic E-state index is 11.9. The van der Waals surface area contributed by atoms with Gasteiger partial charge in [-0.2, -0.15) is 0 Å². The number of methoxy groups -OCH3 is 1. The molecule has 0 amide bonds. The van der Waals surface area contributed by atoms with Crippen LogP contribution in [-0.2, 0) is 19.6 Å². The second-order valence-electron chi connectivity index (χ2n) is 4.21. The van der Waals surface area contributed by atoms with E-state index in [1.807, 2.05) is 0 Å². The van der Waals surface area contributed by atoms with Crippen LogP contribution in [0.15, 0.2) is 29.2 Å². The van der Waals surface area contributed by atoms with Crippen LogP contribution in [0.25, 0.3) is 0 Å². The third-order valence-corrected chi connectivity index (χ3v) is 4.03. The highest BCUT2D eigenvalue weighted by Gasteiger charge is 2.13. The lowest BCUT2D eigenvalue weighted by Gasteiger charge is -2.08. The number of nitrogens with one attached hydrogen (secondary N) is 1. The molecular weight excluding hydrogens is 298 g/mol. The molecule has 0 spiro atoms. The van der Waals surface area contributed by atoms with Crippen LogP contribution < -0.4 is 9.46 Å². The molecule has 1 aromatic carbocycles. The zero-order valence-electron chi connectivity index (χ0n) is 11.7. The molecule has 0 radical (unpaired) electrons. The number of rotatable bonds is 10. The summed E-state index contributed by atoms with van der Waals surface area (Å²) in [6.07, 6.45) is 0.168. The molecule has 0 heterocycles. The molecule has 0 aliphatic heterocycles. The molecule has 0 aliphatic rings. The van der Waals surface area contributed by atoms with Gasteiger partial charge in [-0.25, -0.2) is 13.1 Å². The largest absolute Gasteiger partial charge is 0.491 e. The topological polar surface area (TPSA) is 102 Å². The summed E-state index contributed by atoms with van der Waals surface area (Å²) in [5.41, 5.74) is 0. The average molecular weight is 317 g/mol. The van der Waals surface area contributed by atoms with Gasteiger partial charge in [-0.1, -0.05) is 0 Å². The quantitative estimate of drug-likeness (QED) is 0.620. The van der Waals surface area contributed by atoms with Crippen LogP contribution in [0.2, 0.25) is 0 Å². The second-order valence-corrected chi connectivity index (χ2v) is 5.97. The Labute approximate surface area is 123 Å². The Morgan fingerprint density at radius 1 is 1.24 bits per heavy atom. The molecule has 0 atom stereocenters. The minimum atomic E-state index is -3.62. The van der Waals surface area contributed by atoms with Crippen LogP contribution in [0.3, 0.4) is 0 Å². The van der Waals surface area contributed by atoms with E-state index in [4.69, 9.17) is 14.6 Å². The Hall–Kier alpha value is -1.64. The van der Waals surface area contributed by atoms with Gasteiger partial charge in [0.05, 0.1) is 11.5 Å². The van der Waals surface area contributed by atoms with Crippen molar-refractivity contribution in [3.63, 3.8) is 0 Å². The summed E-state index contributed by atoms with van der Waals surface area (Å²) < 4.78 is 36.4. The summed E-state index contributed by atoms with van der Waals surface area (Å²) >= 11 is 0. The first-order valence-electron chi connectivity index (χ1n) is 6.39.